The number of nitrogens with one attached hydrogen (secondary N) is 1. The van der Waals surface area contributed by atoms with Crippen molar-refractivity contribution in [2.75, 3.05) is 5.75 Å². The van der Waals surface area contributed by atoms with E-state index in [-0.39, 0.29) is 11.4 Å². The van der Waals surface area contributed by atoms with Gasteiger partial charge in [0.2, 0.25) is 0 Å². The molecule has 5 nitrogen and oxygen atoms in total. The number of nitrogens with zero attached hydrogens (tertiary/aromatic N) is 1. The highest BCUT2D eigenvalue weighted by Gasteiger charge is 2.34. The Morgan fingerprint density at radius 3 is 2.83 bits per heavy atom. The van der Waals surface area contributed by atoms with Crippen LogP contribution >= 0.6 is 0 Å². The summed E-state index contributed by atoms with van der Waals surface area (Å²) >= 11 is 0. The van der Waals surface area contributed by atoms with Crippen LogP contribution in [0.2, 0.25) is 0 Å². The minimum Gasteiger partial charge on any atom is -0.305 e. The fraction of sp³-hybridized carbons (Fsp3) is 0.417. The fourth-order valence-corrected chi connectivity index (χ4v) is 4.49. The van der Waals surface area contributed by atoms with Crippen LogP contribution in [0, 0.1) is 6.92 Å². The number of aromatic nitrogens is 2. The van der Waals surface area contributed by atoms with Gasteiger partial charge in [-0.05, 0) is 37.5 Å². The van der Waals surface area contributed by atoms with Crippen molar-refractivity contribution in [1.29, 1.82) is 0 Å². The number of aryl methyl sites for hydroxylation is 1. The highest BCUT2D eigenvalue weighted by Crippen LogP contribution is 2.31. The molecule has 1 fully saturated rings. The average molecular weight is 266 g/mol. The number of hydrogen-bond donors (Lipinski definition) is 1. The molecule has 1 aliphatic rings. The van der Waals surface area contributed by atoms with E-state index in [0.717, 1.165) is 5.56 Å². The second kappa shape index (κ2) is 3.71. The third kappa shape index (κ3) is 1.59. The lowest BCUT2D eigenvalue weighted by molar-refractivity contribution is 0.556. The monoisotopic (exact) mass is 266 g/mol. The second-order valence-electron chi connectivity index (χ2n) is 4.78. The lowest BCUT2D eigenvalue weighted by Gasteiger charge is -2.11. The third-order valence-corrected chi connectivity index (χ3v) is 5.59. The molecular formula is C12H14N2O3S. The van der Waals surface area contributed by atoms with Gasteiger partial charge in [0.15, 0.2) is 9.84 Å². The maximum absolute atomic E-state index is 12.0. The molecule has 6 heteroatoms. The van der Waals surface area contributed by atoms with Gasteiger partial charge < -0.3 is 4.98 Å². The molecule has 0 aliphatic carbocycles. The number of sulfone groups is 1. The molecule has 18 heavy (non-hydrogen) atoms. The first-order valence-electron chi connectivity index (χ1n) is 5.91. The van der Waals surface area contributed by atoms with Crippen LogP contribution in [0.15, 0.2) is 23.0 Å². The van der Waals surface area contributed by atoms with Crippen LogP contribution in [0.25, 0.3) is 11.0 Å². The normalized spacial score (nSPS) is 22.6. The number of aromatic amines is 1. The molecule has 0 amide bonds. The van der Waals surface area contributed by atoms with Crippen LogP contribution in [-0.2, 0) is 9.84 Å². The summed E-state index contributed by atoms with van der Waals surface area (Å²) in [7, 11) is -3.19. The summed E-state index contributed by atoms with van der Waals surface area (Å²) in [5.41, 5.74) is 2.06. The molecule has 96 valence electrons. The van der Waals surface area contributed by atoms with Crippen molar-refractivity contribution in [3.05, 3.63) is 34.2 Å². The summed E-state index contributed by atoms with van der Waals surface area (Å²) in [5.74, 6) is 0.169. The van der Waals surface area contributed by atoms with Crippen molar-refractivity contribution in [2.45, 2.75) is 25.1 Å². The van der Waals surface area contributed by atoms with Gasteiger partial charge in [0.25, 0.3) is 0 Å². The van der Waals surface area contributed by atoms with E-state index < -0.39 is 15.2 Å². The first kappa shape index (κ1) is 11.5. The predicted octanol–water partition coefficient (Wildman–Crippen LogP) is 1.35. The molecular weight excluding hydrogens is 252 g/mol. The molecule has 1 aromatic heterocycles. The van der Waals surface area contributed by atoms with Gasteiger partial charge in [-0.25, -0.2) is 13.2 Å². The van der Waals surface area contributed by atoms with Crippen molar-refractivity contribution >= 4 is 20.9 Å². The van der Waals surface area contributed by atoms with Crippen LogP contribution in [0.4, 0.5) is 0 Å². The lowest BCUT2D eigenvalue weighted by atomic mass is 10.2. The van der Waals surface area contributed by atoms with Crippen LogP contribution in [0.3, 0.4) is 0 Å². The molecule has 0 saturated carbocycles. The summed E-state index contributed by atoms with van der Waals surface area (Å²) in [6, 6.07) is 5.54. The van der Waals surface area contributed by atoms with E-state index in [1.165, 1.54) is 4.57 Å². The topological polar surface area (TPSA) is 71.9 Å². The molecule has 2 aromatic rings. The van der Waals surface area contributed by atoms with Crippen molar-refractivity contribution in [1.82, 2.24) is 9.55 Å². The van der Waals surface area contributed by atoms with Crippen LogP contribution in [0.1, 0.15) is 23.8 Å². The smallest absolute Gasteiger partial charge is 0.305 e. The van der Waals surface area contributed by atoms with Gasteiger partial charge in [-0.2, -0.15) is 0 Å². The Morgan fingerprint density at radius 1 is 1.39 bits per heavy atom. The van der Waals surface area contributed by atoms with Gasteiger partial charge in [-0.3, -0.25) is 4.57 Å². The average Bonchev–Trinajstić information content (AvgIpc) is 2.76. The zero-order valence-electron chi connectivity index (χ0n) is 10.0. The molecule has 1 N–H and O–H groups in total. The Labute approximate surface area is 104 Å². The molecule has 1 unspecified atom stereocenters. The molecule has 0 radical (unpaired) electrons. The fourth-order valence-electron chi connectivity index (χ4n) is 2.60. The van der Waals surface area contributed by atoms with Gasteiger partial charge in [-0.1, -0.05) is 6.07 Å². The number of fused-ring (bicyclic) bond motifs is 1. The molecule has 1 aliphatic heterocycles. The zero-order chi connectivity index (χ0) is 12.9. The highest BCUT2D eigenvalue weighted by molar-refractivity contribution is 7.91. The SMILES string of the molecule is Cc1ccc2c(c1)[nH]c(=O)n2C1CCCS1(=O)=O. The Kier molecular flexibility index (Phi) is 2.38. The van der Waals surface area contributed by atoms with E-state index in [1.807, 2.05) is 19.1 Å². The van der Waals surface area contributed by atoms with Crippen LogP contribution in [0.5, 0.6) is 0 Å². The van der Waals surface area contributed by atoms with Gasteiger partial charge in [0, 0.05) is 0 Å². The van der Waals surface area contributed by atoms with E-state index >= 15 is 0 Å². The summed E-state index contributed by atoms with van der Waals surface area (Å²) in [5, 5.41) is -0.707. The third-order valence-electron chi connectivity index (χ3n) is 3.45. The van der Waals surface area contributed by atoms with Crippen LogP contribution in [-0.4, -0.2) is 23.7 Å². The first-order valence-corrected chi connectivity index (χ1v) is 7.63. The number of rotatable bonds is 1. The Bertz CT molecular complexity index is 770. The van der Waals surface area contributed by atoms with Crippen LogP contribution < -0.4 is 5.69 Å². The minimum absolute atomic E-state index is 0.169. The Morgan fingerprint density at radius 2 is 2.17 bits per heavy atom. The molecule has 1 saturated heterocycles. The first-order chi connectivity index (χ1) is 8.49. The van der Waals surface area contributed by atoms with E-state index in [1.54, 1.807) is 6.07 Å². The standard InChI is InChI=1S/C12H14N2O3S/c1-8-4-5-10-9(7-8)13-12(15)14(10)11-3-2-6-18(11,16)17/h4-5,7,11H,2-3,6H2,1H3,(H,13,15). The highest BCUT2D eigenvalue weighted by atomic mass is 32.2. The maximum Gasteiger partial charge on any atom is 0.327 e. The summed E-state index contributed by atoms with van der Waals surface area (Å²) in [6.45, 7) is 1.93. The van der Waals surface area contributed by atoms with E-state index in [2.05, 4.69) is 4.98 Å². The van der Waals surface area contributed by atoms with Crippen molar-refractivity contribution in [2.24, 2.45) is 0 Å². The van der Waals surface area contributed by atoms with Crippen molar-refractivity contribution in [3.63, 3.8) is 0 Å². The molecule has 1 atom stereocenters. The largest absolute Gasteiger partial charge is 0.327 e. The zero-order valence-corrected chi connectivity index (χ0v) is 10.8. The summed E-state index contributed by atoms with van der Waals surface area (Å²) in [4.78, 5) is 14.7. The number of benzene rings is 1. The Balaban J connectivity index is 2.30. The molecule has 0 spiro atoms. The number of hydrogen-bond acceptors (Lipinski definition) is 3. The summed E-state index contributed by atoms with van der Waals surface area (Å²) in [6.07, 6.45) is 1.14. The predicted molar refractivity (Wildman–Crippen MR) is 69.4 cm³/mol. The number of H-pyrrole nitrogens is 1. The summed E-state index contributed by atoms with van der Waals surface area (Å²) < 4.78 is 25.3. The van der Waals surface area contributed by atoms with E-state index in [9.17, 15) is 13.2 Å². The molecule has 1 aromatic carbocycles. The van der Waals surface area contributed by atoms with Gasteiger partial charge in [0.05, 0.1) is 16.8 Å². The van der Waals surface area contributed by atoms with E-state index in [0.29, 0.717) is 23.9 Å². The minimum atomic E-state index is -3.19. The van der Waals surface area contributed by atoms with Crippen molar-refractivity contribution < 1.29 is 8.42 Å². The van der Waals surface area contributed by atoms with E-state index in [4.69, 9.17) is 0 Å². The lowest BCUT2D eigenvalue weighted by Crippen LogP contribution is -2.25. The quantitative estimate of drug-likeness (QED) is 0.846. The number of imidazole rings is 1. The maximum atomic E-state index is 12.0. The molecule has 3 rings (SSSR count). The Hall–Kier alpha value is -1.56. The van der Waals surface area contributed by atoms with Crippen molar-refractivity contribution in [3.8, 4) is 0 Å². The van der Waals surface area contributed by atoms with Gasteiger partial charge in [-0.15, -0.1) is 0 Å². The second-order valence-corrected chi connectivity index (χ2v) is 7.06. The molecule has 0 bridgehead atoms. The van der Waals surface area contributed by atoms with Gasteiger partial charge >= 0.3 is 5.69 Å². The van der Waals surface area contributed by atoms with Gasteiger partial charge in [0.1, 0.15) is 5.37 Å². The molecule has 2 heterocycles.